The zero-order valence-electron chi connectivity index (χ0n) is 14.0. The number of nitrogens with zero attached hydrogens (tertiary/aromatic N) is 1. The van der Waals surface area contributed by atoms with E-state index in [2.05, 4.69) is 29.4 Å². The van der Waals surface area contributed by atoms with E-state index >= 15 is 0 Å². The van der Waals surface area contributed by atoms with Crippen LogP contribution in [0.25, 0.3) is 0 Å². The van der Waals surface area contributed by atoms with Gasteiger partial charge in [-0.25, -0.2) is 4.79 Å². The molecule has 1 atom stereocenters. The summed E-state index contributed by atoms with van der Waals surface area (Å²) in [6.07, 6.45) is 5.25. The van der Waals surface area contributed by atoms with Gasteiger partial charge in [0.15, 0.2) is 0 Å². The summed E-state index contributed by atoms with van der Waals surface area (Å²) in [4.78, 5) is 14.5. The first-order chi connectivity index (χ1) is 10.0. The molecule has 0 bridgehead atoms. The maximum absolute atomic E-state index is 12.0. The summed E-state index contributed by atoms with van der Waals surface area (Å²) in [6.45, 7) is 10.3. The molecule has 124 valence electrons. The number of hydrogen-bond acceptors (Lipinski definition) is 3. The fourth-order valence-corrected chi connectivity index (χ4v) is 3.02. The van der Waals surface area contributed by atoms with Gasteiger partial charge in [0.2, 0.25) is 0 Å². The van der Waals surface area contributed by atoms with E-state index in [0.717, 1.165) is 45.3 Å². The van der Waals surface area contributed by atoms with E-state index in [9.17, 15) is 9.90 Å². The van der Waals surface area contributed by atoms with Crippen molar-refractivity contribution in [1.82, 2.24) is 15.5 Å². The SMILES string of the molecule is CCCN1CCC(CNC(=O)NC(C)(CO)CCC)CC1. The number of carbonyl (C=O) groups is 1. The van der Waals surface area contributed by atoms with Gasteiger partial charge in [-0.2, -0.15) is 0 Å². The molecule has 1 saturated heterocycles. The number of amides is 2. The quantitative estimate of drug-likeness (QED) is 0.642. The molecule has 5 nitrogen and oxygen atoms in total. The van der Waals surface area contributed by atoms with Crippen LogP contribution >= 0.6 is 0 Å². The number of aliphatic hydroxyl groups is 1. The molecule has 21 heavy (non-hydrogen) atoms. The number of hydrogen-bond donors (Lipinski definition) is 3. The second kappa shape index (κ2) is 9.26. The average molecular weight is 299 g/mol. The smallest absolute Gasteiger partial charge is 0.315 e. The summed E-state index contributed by atoms with van der Waals surface area (Å²) in [6, 6.07) is -0.156. The van der Waals surface area contributed by atoms with E-state index < -0.39 is 5.54 Å². The molecule has 0 aromatic heterocycles. The molecule has 0 aromatic rings. The van der Waals surface area contributed by atoms with Crippen molar-refractivity contribution in [2.75, 3.05) is 32.8 Å². The minimum Gasteiger partial charge on any atom is -0.394 e. The number of piperidine rings is 1. The van der Waals surface area contributed by atoms with Gasteiger partial charge in [-0.3, -0.25) is 0 Å². The Bertz CT molecular complexity index is 304. The first-order valence-electron chi connectivity index (χ1n) is 8.42. The third-order valence-electron chi connectivity index (χ3n) is 4.36. The fourth-order valence-electron chi connectivity index (χ4n) is 3.02. The van der Waals surface area contributed by atoms with Crippen LogP contribution in [0, 0.1) is 5.92 Å². The van der Waals surface area contributed by atoms with Crippen LogP contribution < -0.4 is 10.6 Å². The van der Waals surface area contributed by atoms with Crippen molar-refractivity contribution in [1.29, 1.82) is 0 Å². The summed E-state index contributed by atoms with van der Waals surface area (Å²) in [5, 5.41) is 15.3. The standard InChI is InChI=1S/C16H33N3O2/c1-4-8-16(3,13-20)18-15(21)17-12-14-6-10-19(9-5-2)11-7-14/h14,20H,4-13H2,1-3H3,(H2,17,18,21). The van der Waals surface area contributed by atoms with Crippen LogP contribution in [-0.2, 0) is 0 Å². The molecule has 1 unspecified atom stereocenters. The van der Waals surface area contributed by atoms with Gasteiger partial charge in [-0.15, -0.1) is 0 Å². The van der Waals surface area contributed by atoms with Gasteiger partial charge >= 0.3 is 6.03 Å². The lowest BCUT2D eigenvalue weighted by atomic mass is 9.96. The van der Waals surface area contributed by atoms with Crippen LogP contribution in [0.2, 0.25) is 0 Å². The largest absolute Gasteiger partial charge is 0.394 e. The molecule has 1 heterocycles. The van der Waals surface area contributed by atoms with Crippen molar-refractivity contribution < 1.29 is 9.90 Å². The van der Waals surface area contributed by atoms with E-state index in [1.54, 1.807) is 0 Å². The van der Waals surface area contributed by atoms with Crippen LogP contribution in [-0.4, -0.2) is 54.4 Å². The topological polar surface area (TPSA) is 64.6 Å². The Labute approximate surface area is 129 Å². The van der Waals surface area contributed by atoms with Gasteiger partial charge in [0, 0.05) is 6.54 Å². The van der Waals surface area contributed by atoms with Crippen LogP contribution in [0.3, 0.4) is 0 Å². The summed E-state index contributed by atoms with van der Waals surface area (Å²) in [7, 11) is 0. The monoisotopic (exact) mass is 299 g/mol. The second-order valence-corrected chi connectivity index (χ2v) is 6.59. The zero-order chi connectivity index (χ0) is 15.7. The molecule has 0 spiro atoms. The first kappa shape index (κ1) is 18.2. The highest BCUT2D eigenvalue weighted by Gasteiger charge is 2.25. The van der Waals surface area contributed by atoms with Gasteiger partial charge in [0.1, 0.15) is 0 Å². The van der Waals surface area contributed by atoms with Gasteiger partial charge in [-0.05, 0) is 58.2 Å². The Hall–Kier alpha value is -0.810. The van der Waals surface area contributed by atoms with Crippen molar-refractivity contribution in [2.45, 2.75) is 58.4 Å². The number of nitrogens with one attached hydrogen (secondary N) is 2. The first-order valence-corrected chi connectivity index (χ1v) is 8.42. The number of aliphatic hydroxyl groups excluding tert-OH is 1. The molecule has 0 radical (unpaired) electrons. The Balaban J connectivity index is 2.24. The molecule has 1 aliphatic heterocycles. The average Bonchev–Trinajstić information content (AvgIpc) is 2.47. The van der Waals surface area contributed by atoms with Crippen molar-refractivity contribution in [3.63, 3.8) is 0 Å². The van der Waals surface area contributed by atoms with E-state index in [0.29, 0.717) is 5.92 Å². The summed E-state index contributed by atoms with van der Waals surface area (Å²) in [5.41, 5.74) is -0.511. The van der Waals surface area contributed by atoms with Gasteiger partial charge < -0.3 is 20.6 Å². The van der Waals surface area contributed by atoms with Crippen LogP contribution in [0.5, 0.6) is 0 Å². The normalized spacial score (nSPS) is 20.0. The third-order valence-corrected chi connectivity index (χ3v) is 4.36. The van der Waals surface area contributed by atoms with E-state index in [4.69, 9.17) is 0 Å². The van der Waals surface area contributed by atoms with Crippen molar-refractivity contribution in [3.05, 3.63) is 0 Å². The highest BCUT2D eigenvalue weighted by Crippen LogP contribution is 2.16. The van der Waals surface area contributed by atoms with Gasteiger partial charge in [-0.1, -0.05) is 20.3 Å². The Kier molecular flexibility index (Phi) is 8.04. The zero-order valence-corrected chi connectivity index (χ0v) is 14.0. The third kappa shape index (κ3) is 6.66. The number of carbonyl (C=O) groups excluding carboxylic acids is 1. The molecule has 2 amide bonds. The van der Waals surface area contributed by atoms with Gasteiger partial charge in [0.25, 0.3) is 0 Å². The minimum absolute atomic E-state index is 0.0241. The van der Waals surface area contributed by atoms with Crippen LogP contribution in [0.15, 0.2) is 0 Å². The molecule has 0 aromatic carbocycles. The Morgan fingerprint density at radius 1 is 1.29 bits per heavy atom. The molecule has 0 saturated carbocycles. The van der Waals surface area contributed by atoms with E-state index in [-0.39, 0.29) is 12.6 Å². The Morgan fingerprint density at radius 3 is 2.48 bits per heavy atom. The highest BCUT2D eigenvalue weighted by molar-refractivity contribution is 5.74. The molecular weight excluding hydrogens is 266 g/mol. The lowest BCUT2D eigenvalue weighted by Crippen LogP contribution is -2.53. The molecular formula is C16H33N3O2. The summed E-state index contributed by atoms with van der Waals surface area (Å²) >= 11 is 0. The highest BCUT2D eigenvalue weighted by atomic mass is 16.3. The van der Waals surface area contributed by atoms with Crippen molar-refractivity contribution in [2.24, 2.45) is 5.92 Å². The lowest BCUT2D eigenvalue weighted by molar-refractivity contribution is 0.159. The summed E-state index contributed by atoms with van der Waals surface area (Å²) in [5.74, 6) is 0.579. The van der Waals surface area contributed by atoms with Gasteiger partial charge in [0.05, 0.1) is 12.1 Å². The second-order valence-electron chi connectivity index (χ2n) is 6.59. The fraction of sp³-hybridized carbons (Fsp3) is 0.938. The van der Waals surface area contributed by atoms with Crippen molar-refractivity contribution in [3.8, 4) is 0 Å². The number of likely N-dealkylation sites (tertiary alicyclic amines) is 1. The van der Waals surface area contributed by atoms with E-state index in [1.165, 1.54) is 13.0 Å². The van der Waals surface area contributed by atoms with Crippen molar-refractivity contribution >= 4 is 6.03 Å². The molecule has 5 heteroatoms. The molecule has 0 aliphatic carbocycles. The molecule has 1 fully saturated rings. The van der Waals surface area contributed by atoms with Crippen LogP contribution in [0.1, 0.15) is 52.9 Å². The number of rotatable bonds is 8. The predicted octanol–water partition coefficient (Wildman–Crippen LogP) is 1.96. The number of urea groups is 1. The molecule has 1 aliphatic rings. The van der Waals surface area contributed by atoms with Crippen LogP contribution in [0.4, 0.5) is 4.79 Å². The molecule has 1 rings (SSSR count). The maximum Gasteiger partial charge on any atom is 0.315 e. The summed E-state index contributed by atoms with van der Waals surface area (Å²) < 4.78 is 0. The maximum atomic E-state index is 12.0. The Morgan fingerprint density at radius 2 is 1.95 bits per heavy atom. The van der Waals surface area contributed by atoms with E-state index in [1.807, 2.05) is 6.92 Å². The molecule has 3 N–H and O–H groups in total. The lowest BCUT2D eigenvalue weighted by Gasteiger charge is -2.32. The minimum atomic E-state index is -0.511. The predicted molar refractivity (Wildman–Crippen MR) is 86.4 cm³/mol.